The molecule has 94 valence electrons. The summed E-state index contributed by atoms with van der Waals surface area (Å²) in [5.41, 5.74) is 1.49. The van der Waals surface area contributed by atoms with Gasteiger partial charge in [-0.3, -0.25) is 9.89 Å². The summed E-state index contributed by atoms with van der Waals surface area (Å²) in [4.78, 5) is 14.5. The van der Waals surface area contributed by atoms with Crippen LogP contribution in [0.15, 0.2) is 24.3 Å². The zero-order chi connectivity index (χ0) is 12.5. The molecule has 2 aromatic rings. The van der Waals surface area contributed by atoms with Crippen LogP contribution >= 0.6 is 0 Å². The van der Waals surface area contributed by atoms with E-state index in [9.17, 15) is 4.79 Å². The molecule has 2 heterocycles. The van der Waals surface area contributed by atoms with E-state index in [1.807, 2.05) is 29.2 Å². The maximum atomic E-state index is 12.5. The van der Waals surface area contributed by atoms with Gasteiger partial charge in [0.15, 0.2) is 5.69 Å². The number of carbonyl (C=O) groups excluding carboxylic acids is 1. The highest BCUT2D eigenvalue weighted by atomic mass is 16.2. The lowest BCUT2D eigenvalue weighted by Gasteiger charge is -2.22. The van der Waals surface area contributed by atoms with Crippen molar-refractivity contribution in [1.82, 2.24) is 15.1 Å². The van der Waals surface area contributed by atoms with Crippen molar-refractivity contribution in [2.75, 3.05) is 6.54 Å². The van der Waals surface area contributed by atoms with E-state index in [-0.39, 0.29) is 5.91 Å². The highest BCUT2D eigenvalue weighted by molar-refractivity contribution is 6.04. The smallest absolute Gasteiger partial charge is 0.275 e. The van der Waals surface area contributed by atoms with Gasteiger partial charge in [-0.2, -0.15) is 5.10 Å². The van der Waals surface area contributed by atoms with Gasteiger partial charge in [-0.15, -0.1) is 0 Å². The number of likely N-dealkylation sites (tertiary alicyclic amines) is 1. The lowest BCUT2D eigenvalue weighted by molar-refractivity contribution is 0.0729. The van der Waals surface area contributed by atoms with E-state index in [4.69, 9.17) is 0 Å². The molecule has 0 spiro atoms. The van der Waals surface area contributed by atoms with Gasteiger partial charge in [-0.1, -0.05) is 25.1 Å². The zero-order valence-electron chi connectivity index (χ0n) is 10.5. The minimum absolute atomic E-state index is 0.0665. The molecule has 0 saturated carbocycles. The normalized spacial score (nSPS) is 19.6. The Bertz CT molecular complexity index is 575. The quantitative estimate of drug-likeness (QED) is 0.881. The Morgan fingerprint density at radius 3 is 3.17 bits per heavy atom. The number of hydrogen-bond donors (Lipinski definition) is 1. The summed E-state index contributed by atoms with van der Waals surface area (Å²) >= 11 is 0. The number of para-hydroxylation sites is 1. The molecule has 1 aliphatic rings. The number of carbonyl (C=O) groups is 1. The predicted octanol–water partition coefficient (Wildman–Crippen LogP) is 2.58. The van der Waals surface area contributed by atoms with Crippen molar-refractivity contribution >= 4 is 16.8 Å². The predicted molar refractivity (Wildman–Crippen MR) is 70.4 cm³/mol. The van der Waals surface area contributed by atoms with Crippen molar-refractivity contribution in [1.29, 1.82) is 0 Å². The van der Waals surface area contributed by atoms with Crippen LogP contribution < -0.4 is 0 Å². The van der Waals surface area contributed by atoms with Crippen LogP contribution in [0.4, 0.5) is 0 Å². The Morgan fingerprint density at radius 1 is 1.50 bits per heavy atom. The van der Waals surface area contributed by atoms with E-state index >= 15 is 0 Å². The van der Waals surface area contributed by atoms with Gasteiger partial charge < -0.3 is 4.90 Å². The SMILES string of the molecule is CCC1CCCN1C(=O)c1n[nH]c2ccccc12. The van der Waals surface area contributed by atoms with Crippen molar-refractivity contribution in [2.24, 2.45) is 0 Å². The second-order valence-electron chi connectivity index (χ2n) is 4.82. The molecule has 1 aromatic heterocycles. The molecule has 1 unspecified atom stereocenters. The molecule has 1 amide bonds. The van der Waals surface area contributed by atoms with E-state index in [0.717, 1.165) is 36.7 Å². The van der Waals surface area contributed by atoms with Crippen molar-refractivity contribution < 1.29 is 4.79 Å². The average molecular weight is 243 g/mol. The molecule has 18 heavy (non-hydrogen) atoms. The maximum absolute atomic E-state index is 12.5. The van der Waals surface area contributed by atoms with Gasteiger partial charge in [0.25, 0.3) is 5.91 Å². The minimum Gasteiger partial charge on any atom is -0.334 e. The van der Waals surface area contributed by atoms with Crippen molar-refractivity contribution in [3.63, 3.8) is 0 Å². The number of nitrogens with one attached hydrogen (secondary N) is 1. The number of aromatic amines is 1. The molecule has 1 aromatic carbocycles. The van der Waals surface area contributed by atoms with E-state index < -0.39 is 0 Å². The van der Waals surface area contributed by atoms with Crippen LogP contribution in [0, 0.1) is 0 Å². The Labute approximate surface area is 106 Å². The molecule has 3 rings (SSSR count). The van der Waals surface area contributed by atoms with E-state index in [1.54, 1.807) is 0 Å². The van der Waals surface area contributed by atoms with Gasteiger partial charge in [0.2, 0.25) is 0 Å². The first-order valence-corrected chi connectivity index (χ1v) is 6.55. The fraction of sp³-hybridized carbons (Fsp3) is 0.429. The van der Waals surface area contributed by atoms with Crippen LogP contribution in [0.3, 0.4) is 0 Å². The number of fused-ring (bicyclic) bond motifs is 1. The number of H-pyrrole nitrogens is 1. The Morgan fingerprint density at radius 2 is 2.33 bits per heavy atom. The summed E-state index contributed by atoms with van der Waals surface area (Å²) < 4.78 is 0. The third-order valence-corrected chi connectivity index (χ3v) is 3.78. The molecule has 0 radical (unpaired) electrons. The second-order valence-corrected chi connectivity index (χ2v) is 4.82. The number of amides is 1. The van der Waals surface area contributed by atoms with Crippen LogP contribution in [0.5, 0.6) is 0 Å². The third kappa shape index (κ3) is 1.68. The van der Waals surface area contributed by atoms with Gasteiger partial charge in [-0.05, 0) is 25.3 Å². The molecular weight excluding hydrogens is 226 g/mol. The number of nitrogens with zero attached hydrogens (tertiary/aromatic N) is 2. The van der Waals surface area contributed by atoms with Gasteiger partial charge in [0.05, 0.1) is 5.52 Å². The summed E-state index contributed by atoms with van der Waals surface area (Å²) in [6, 6.07) is 8.16. The van der Waals surface area contributed by atoms with Crippen molar-refractivity contribution in [2.45, 2.75) is 32.2 Å². The lowest BCUT2D eigenvalue weighted by atomic mass is 10.1. The number of rotatable bonds is 2. The highest BCUT2D eigenvalue weighted by Gasteiger charge is 2.30. The molecule has 4 nitrogen and oxygen atoms in total. The van der Waals surface area contributed by atoms with E-state index in [2.05, 4.69) is 17.1 Å². The van der Waals surface area contributed by atoms with E-state index in [0.29, 0.717) is 11.7 Å². The monoisotopic (exact) mass is 243 g/mol. The molecule has 0 bridgehead atoms. The zero-order valence-corrected chi connectivity index (χ0v) is 10.5. The fourth-order valence-corrected chi connectivity index (χ4v) is 2.79. The topological polar surface area (TPSA) is 49.0 Å². The summed E-state index contributed by atoms with van der Waals surface area (Å²) in [6.07, 6.45) is 3.24. The minimum atomic E-state index is 0.0665. The van der Waals surface area contributed by atoms with Crippen LogP contribution in [-0.4, -0.2) is 33.6 Å². The van der Waals surface area contributed by atoms with Gasteiger partial charge in [0, 0.05) is 18.0 Å². The molecule has 1 saturated heterocycles. The largest absolute Gasteiger partial charge is 0.334 e. The first kappa shape index (κ1) is 11.3. The molecule has 1 N–H and O–H groups in total. The molecule has 1 atom stereocenters. The number of benzene rings is 1. The van der Waals surface area contributed by atoms with Gasteiger partial charge in [-0.25, -0.2) is 0 Å². The number of hydrogen-bond acceptors (Lipinski definition) is 2. The summed E-state index contributed by atoms with van der Waals surface area (Å²) in [5.74, 6) is 0.0665. The summed E-state index contributed by atoms with van der Waals surface area (Å²) in [5, 5.41) is 8.04. The van der Waals surface area contributed by atoms with Gasteiger partial charge >= 0.3 is 0 Å². The van der Waals surface area contributed by atoms with Gasteiger partial charge in [0.1, 0.15) is 0 Å². The molecule has 1 aliphatic heterocycles. The number of aromatic nitrogens is 2. The average Bonchev–Trinajstić information content (AvgIpc) is 3.04. The maximum Gasteiger partial charge on any atom is 0.275 e. The molecule has 1 fully saturated rings. The van der Waals surface area contributed by atoms with E-state index in [1.165, 1.54) is 0 Å². The second kappa shape index (κ2) is 4.44. The molecule has 0 aliphatic carbocycles. The first-order valence-electron chi connectivity index (χ1n) is 6.55. The van der Waals surface area contributed by atoms with Crippen LogP contribution in [-0.2, 0) is 0 Å². The van der Waals surface area contributed by atoms with Crippen LogP contribution in [0.25, 0.3) is 10.9 Å². The highest BCUT2D eigenvalue weighted by Crippen LogP contribution is 2.24. The lowest BCUT2D eigenvalue weighted by Crippen LogP contribution is -2.35. The third-order valence-electron chi connectivity index (χ3n) is 3.78. The first-order chi connectivity index (χ1) is 8.81. The van der Waals surface area contributed by atoms with Crippen molar-refractivity contribution in [3.8, 4) is 0 Å². The van der Waals surface area contributed by atoms with Crippen LogP contribution in [0.1, 0.15) is 36.7 Å². The Hall–Kier alpha value is -1.84. The standard InChI is InChI=1S/C14H17N3O/c1-2-10-6-5-9-17(10)14(18)13-11-7-3-4-8-12(11)15-16-13/h3-4,7-8,10H,2,5-6,9H2,1H3,(H,15,16). The summed E-state index contributed by atoms with van der Waals surface area (Å²) in [6.45, 7) is 3.00. The fourth-order valence-electron chi connectivity index (χ4n) is 2.79. The Balaban J connectivity index is 1.97. The summed E-state index contributed by atoms with van der Waals surface area (Å²) in [7, 11) is 0. The molecule has 4 heteroatoms. The Kier molecular flexibility index (Phi) is 2.78. The van der Waals surface area contributed by atoms with Crippen LogP contribution in [0.2, 0.25) is 0 Å². The van der Waals surface area contributed by atoms with Crippen molar-refractivity contribution in [3.05, 3.63) is 30.0 Å². The molecular formula is C14H17N3O.